The van der Waals surface area contributed by atoms with Crippen LogP contribution in [0.3, 0.4) is 0 Å². The largest absolute Gasteiger partial charge is 0.464 e. The molecule has 0 atom stereocenters. The molecule has 0 bridgehead atoms. The molecule has 106 valence electrons. The van der Waals surface area contributed by atoms with E-state index in [0.717, 1.165) is 5.56 Å². The van der Waals surface area contributed by atoms with Crippen molar-refractivity contribution in [1.82, 2.24) is 5.32 Å². The van der Waals surface area contributed by atoms with Crippen LogP contribution in [0.1, 0.15) is 15.9 Å². The molecule has 0 aromatic heterocycles. The maximum absolute atomic E-state index is 12.1. The molecule has 4 nitrogen and oxygen atoms in total. The van der Waals surface area contributed by atoms with Gasteiger partial charge in [-0.3, -0.25) is 4.79 Å². The minimum atomic E-state index is -0.594. The average Bonchev–Trinajstić information content (AvgIpc) is 2.55. The molecule has 0 radical (unpaired) electrons. The minimum absolute atomic E-state index is 0.0950. The summed E-state index contributed by atoms with van der Waals surface area (Å²) in [6.45, 7) is 0. The topological polar surface area (TPSA) is 55.4 Å². The Kier molecular flexibility index (Phi) is 4.88. The van der Waals surface area contributed by atoms with Gasteiger partial charge in [0.1, 0.15) is 5.70 Å². The van der Waals surface area contributed by atoms with E-state index in [4.69, 9.17) is 4.74 Å². The Morgan fingerprint density at radius 1 is 0.952 bits per heavy atom. The van der Waals surface area contributed by atoms with Gasteiger partial charge in [0.05, 0.1) is 7.11 Å². The standard InChI is InChI=1S/C17H15NO3/c1-21-17(20)15(12-13-8-4-2-5-9-13)18-16(19)14-10-6-3-7-11-14/h2-12H,1H3,(H,18,19). The Labute approximate surface area is 123 Å². The van der Waals surface area contributed by atoms with Crippen molar-refractivity contribution in [3.63, 3.8) is 0 Å². The fourth-order valence-corrected chi connectivity index (χ4v) is 1.76. The number of carbonyl (C=O) groups excluding carboxylic acids is 2. The molecule has 0 spiro atoms. The molecule has 21 heavy (non-hydrogen) atoms. The van der Waals surface area contributed by atoms with Crippen LogP contribution in [0, 0.1) is 0 Å². The Balaban J connectivity index is 2.24. The molecule has 2 rings (SSSR count). The van der Waals surface area contributed by atoms with Crippen LogP contribution in [-0.2, 0) is 9.53 Å². The second kappa shape index (κ2) is 7.05. The van der Waals surface area contributed by atoms with Crippen LogP contribution >= 0.6 is 0 Å². The summed E-state index contributed by atoms with van der Waals surface area (Å²) in [5.41, 5.74) is 1.36. The van der Waals surface area contributed by atoms with Crippen molar-refractivity contribution in [2.45, 2.75) is 0 Å². The molecular weight excluding hydrogens is 266 g/mol. The minimum Gasteiger partial charge on any atom is -0.464 e. The third kappa shape index (κ3) is 4.04. The van der Waals surface area contributed by atoms with Gasteiger partial charge >= 0.3 is 5.97 Å². The zero-order chi connectivity index (χ0) is 15.1. The van der Waals surface area contributed by atoms with Gasteiger partial charge in [-0.25, -0.2) is 4.79 Å². The van der Waals surface area contributed by atoms with E-state index >= 15 is 0 Å². The Hall–Kier alpha value is -2.88. The highest BCUT2D eigenvalue weighted by Crippen LogP contribution is 2.07. The zero-order valence-corrected chi connectivity index (χ0v) is 11.6. The molecule has 0 fully saturated rings. The van der Waals surface area contributed by atoms with Gasteiger partial charge in [0.15, 0.2) is 0 Å². The molecule has 2 aromatic rings. The molecular formula is C17H15NO3. The molecule has 1 N–H and O–H groups in total. The van der Waals surface area contributed by atoms with Gasteiger partial charge in [-0.05, 0) is 23.8 Å². The summed E-state index contributed by atoms with van der Waals surface area (Å²) < 4.78 is 4.70. The summed E-state index contributed by atoms with van der Waals surface area (Å²) in [5, 5.41) is 2.58. The van der Waals surface area contributed by atoms with Crippen molar-refractivity contribution in [3.8, 4) is 0 Å². The van der Waals surface area contributed by atoms with Crippen molar-refractivity contribution < 1.29 is 14.3 Å². The molecule has 0 aliphatic carbocycles. The summed E-state index contributed by atoms with van der Waals surface area (Å²) >= 11 is 0. The van der Waals surface area contributed by atoms with E-state index in [1.54, 1.807) is 30.3 Å². The van der Waals surface area contributed by atoms with Crippen LogP contribution < -0.4 is 5.32 Å². The van der Waals surface area contributed by atoms with Crippen LogP contribution in [-0.4, -0.2) is 19.0 Å². The predicted octanol–water partition coefficient (Wildman–Crippen LogP) is 2.63. The first-order valence-corrected chi connectivity index (χ1v) is 6.42. The number of hydrogen-bond donors (Lipinski definition) is 1. The highest BCUT2D eigenvalue weighted by molar-refractivity contribution is 6.03. The Morgan fingerprint density at radius 2 is 1.52 bits per heavy atom. The quantitative estimate of drug-likeness (QED) is 0.692. The number of amides is 1. The van der Waals surface area contributed by atoms with E-state index in [1.165, 1.54) is 7.11 Å². The van der Waals surface area contributed by atoms with E-state index in [-0.39, 0.29) is 11.6 Å². The molecule has 0 saturated carbocycles. The lowest BCUT2D eigenvalue weighted by molar-refractivity contribution is -0.136. The van der Waals surface area contributed by atoms with Crippen molar-refractivity contribution in [2.24, 2.45) is 0 Å². The van der Waals surface area contributed by atoms with Crippen LogP contribution in [0.4, 0.5) is 0 Å². The smallest absolute Gasteiger partial charge is 0.354 e. The molecule has 4 heteroatoms. The van der Waals surface area contributed by atoms with E-state index in [1.807, 2.05) is 36.4 Å². The van der Waals surface area contributed by atoms with Crippen LogP contribution in [0.2, 0.25) is 0 Å². The number of hydrogen-bond acceptors (Lipinski definition) is 3. The van der Waals surface area contributed by atoms with Crippen LogP contribution in [0.5, 0.6) is 0 Å². The average molecular weight is 281 g/mol. The number of esters is 1. The number of nitrogens with one attached hydrogen (secondary N) is 1. The zero-order valence-electron chi connectivity index (χ0n) is 11.6. The highest BCUT2D eigenvalue weighted by atomic mass is 16.5. The fraction of sp³-hybridized carbons (Fsp3) is 0.0588. The normalized spacial score (nSPS) is 10.8. The lowest BCUT2D eigenvalue weighted by Gasteiger charge is -2.08. The third-order valence-electron chi connectivity index (χ3n) is 2.80. The number of rotatable bonds is 4. The van der Waals surface area contributed by atoms with Gasteiger partial charge in [-0.15, -0.1) is 0 Å². The molecule has 0 saturated heterocycles. The van der Waals surface area contributed by atoms with E-state index in [0.29, 0.717) is 5.56 Å². The van der Waals surface area contributed by atoms with Crippen molar-refractivity contribution in [2.75, 3.05) is 7.11 Å². The number of ether oxygens (including phenoxy) is 1. The first-order chi connectivity index (χ1) is 10.2. The van der Waals surface area contributed by atoms with Gasteiger partial charge in [0.2, 0.25) is 0 Å². The van der Waals surface area contributed by atoms with Gasteiger partial charge in [-0.1, -0.05) is 48.5 Å². The van der Waals surface area contributed by atoms with Crippen molar-refractivity contribution in [1.29, 1.82) is 0 Å². The molecule has 0 heterocycles. The summed E-state index contributed by atoms with van der Waals surface area (Å²) in [5.74, 6) is -0.952. The lowest BCUT2D eigenvalue weighted by atomic mass is 10.1. The summed E-state index contributed by atoms with van der Waals surface area (Å²) in [6, 6.07) is 17.9. The summed E-state index contributed by atoms with van der Waals surface area (Å²) in [4.78, 5) is 23.9. The van der Waals surface area contributed by atoms with Gasteiger partial charge in [0, 0.05) is 5.56 Å². The molecule has 2 aromatic carbocycles. The number of benzene rings is 2. The van der Waals surface area contributed by atoms with Gasteiger partial charge in [0.25, 0.3) is 5.91 Å². The first-order valence-electron chi connectivity index (χ1n) is 6.42. The van der Waals surface area contributed by atoms with E-state index < -0.39 is 5.97 Å². The molecule has 0 aliphatic heterocycles. The number of methoxy groups -OCH3 is 1. The second-order valence-corrected chi connectivity index (χ2v) is 4.28. The Morgan fingerprint density at radius 3 is 2.10 bits per heavy atom. The van der Waals surface area contributed by atoms with E-state index in [9.17, 15) is 9.59 Å². The maximum atomic E-state index is 12.1. The summed E-state index contributed by atoms with van der Waals surface area (Å²) in [6.07, 6.45) is 1.58. The van der Waals surface area contributed by atoms with Crippen molar-refractivity contribution >= 4 is 18.0 Å². The third-order valence-corrected chi connectivity index (χ3v) is 2.80. The molecule has 1 amide bonds. The van der Waals surface area contributed by atoms with Crippen LogP contribution in [0.25, 0.3) is 6.08 Å². The maximum Gasteiger partial charge on any atom is 0.354 e. The SMILES string of the molecule is COC(=O)C(=Cc1ccccc1)NC(=O)c1ccccc1. The molecule has 0 unspecified atom stereocenters. The van der Waals surface area contributed by atoms with Gasteiger partial charge < -0.3 is 10.1 Å². The predicted molar refractivity (Wildman–Crippen MR) is 80.3 cm³/mol. The Bertz CT molecular complexity index is 648. The highest BCUT2D eigenvalue weighted by Gasteiger charge is 2.14. The molecule has 0 aliphatic rings. The fourth-order valence-electron chi connectivity index (χ4n) is 1.76. The monoisotopic (exact) mass is 281 g/mol. The summed E-state index contributed by atoms with van der Waals surface area (Å²) in [7, 11) is 1.27. The van der Waals surface area contributed by atoms with Crippen LogP contribution in [0.15, 0.2) is 66.4 Å². The lowest BCUT2D eigenvalue weighted by Crippen LogP contribution is -2.28. The van der Waals surface area contributed by atoms with E-state index in [2.05, 4.69) is 5.32 Å². The second-order valence-electron chi connectivity index (χ2n) is 4.28. The number of carbonyl (C=O) groups is 2. The van der Waals surface area contributed by atoms with Gasteiger partial charge in [-0.2, -0.15) is 0 Å². The first kappa shape index (κ1) is 14.5. The van der Waals surface area contributed by atoms with Crippen molar-refractivity contribution in [3.05, 3.63) is 77.5 Å².